The maximum absolute atomic E-state index is 13.1. The second-order valence-electron chi connectivity index (χ2n) is 8.27. The van der Waals surface area contributed by atoms with Crippen molar-refractivity contribution < 1.29 is 19.5 Å². The highest BCUT2D eigenvalue weighted by molar-refractivity contribution is 7.25. The molecule has 1 aromatic rings. The van der Waals surface area contributed by atoms with Crippen LogP contribution in [0.2, 0.25) is 0 Å². The van der Waals surface area contributed by atoms with Gasteiger partial charge in [0.1, 0.15) is 22.8 Å². The molecule has 0 amide bonds. The Balaban J connectivity index is 1.88. The van der Waals surface area contributed by atoms with Gasteiger partial charge < -0.3 is 14.7 Å². The van der Waals surface area contributed by atoms with E-state index in [1.54, 1.807) is 6.07 Å². The van der Waals surface area contributed by atoms with Gasteiger partial charge in [0, 0.05) is 5.56 Å². The van der Waals surface area contributed by atoms with E-state index in [1.165, 1.54) is 29.6 Å². The second kappa shape index (κ2) is 10.5. The van der Waals surface area contributed by atoms with Crippen LogP contribution in [0.3, 0.4) is 0 Å². The number of benzene rings is 1. The summed E-state index contributed by atoms with van der Waals surface area (Å²) in [6, 6.07) is 10.9. The highest BCUT2D eigenvalue weighted by Crippen LogP contribution is 2.23. The van der Waals surface area contributed by atoms with Crippen LogP contribution in [0, 0.1) is 15.0 Å². The fourth-order valence-electron chi connectivity index (χ4n) is 3.83. The summed E-state index contributed by atoms with van der Waals surface area (Å²) in [5.41, 5.74) is 1.26. The van der Waals surface area contributed by atoms with Crippen LogP contribution in [0.1, 0.15) is 52.0 Å². The van der Waals surface area contributed by atoms with Crippen LogP contribution >= 0.6 is 22.7 Å². The zero-order valence-corrected chi connectivity index (χ0v) is 21.1. The van der Waals surface area contributed by atoms with E-state index in [0.29, 0.717) is 42.5 Å². The number of unbranched alkanes of at least 4 members (excludes halogenated alkanes) is 1. The molecule has 1 N–H and O–H groups in total. The molecule has 2 aliphatic heterocycles. The largest absolute Gasteiger partial charge is 0.512 e. The average Bonchev–Trinajstić information content (AvgIpc) is 3.45. The molecule has 0 aromatic heterocycles. The lowest BCUT2D eigenvalue weighted by Gasteiger charge is -2.15. The van der Waals surface area contributed by atoms with Gasteiger partial charge in [-0.3, -0.25) is 4.79 Å². The fraction of sp³-hybridized carbons (Fsp3) is 0.346. The Morgan fingerprint density at radius 3 is 2.56 bits per heavy atom. The first kappa shape index (κ1) is 24.2. The van der Waals surface area contributed by atoms with Gasteiger partial charge in [0.25, 0.3) is 0 Å². The minimum Gasteiger partial charge on any atom is -0.512 e. The summed E-state index contributed by atoms with van der Waals surface area (Å²) in [5.74, 6) is 0.343. The van der Waals surface area contributed by atoms with Crippen molar-refractivity contribution in [3.63, 3.8) is 0 Å². The van der Waals surface area contributed by atoms with E-state index in [9.17, 15) is 14.7 Å². The number of aliphatic hydroxyl groups excluding tert-OH is 1. The van der Waals surface area contributed by atoms with Gasteiger partial charge in [0.05, 0.1) is 24.7 Å². The Hall–Kier alpha value is -2.97. The Morgan fingerprint density at radius 1 is 1.15 bits per heavy atom. The molecule has 0 saturated heterocycles. The summed E-state index contributed by atoms with van der Waals surface area (Å²) in [4.78, 5) is 30.8. The average molecular weight is 498 g/mol. The molecule has 1 unspecified atom stereocenters. The van der Waals surface area contributed by atoms with Gasteiger partial charge in [-0.15, -0.1) is 22.7 Å². The lowest BCUT2D eigenvalue weighted by atomic mass is 10.0. The monoisotopic (exact) mass is 497 g/mol. The van der Waals surface area contributed by atoms with Crippen LogP contribution in [0.25, 0.3) is 11.3 Å². The van der Waals surface area contributed by atoms with Crippen molar-refractivity contribution in [3.8, 4) is 5.75 Å². The molecule has 0 saturated carbocycles. The minimum atomic E-state index is -0.549. The van der Waals surface area contributed by atoms with Gasteiger partial charge in [0.2, 0.25) is 5.43 Å². The molecule has 2 heterocycles. The molecule has 0 spiro atoms. The first-order valence-electron chi connectivity index (χ1n) is 11.4. The van der Waals surface area contributed by atoms with E-state index in [0.717, 1.165) is 31.2 Å². The van der Waals surface area contributed by atoms with Crippen molar-refractivity contribution in [1.82, 2.24) is 0 Å². The maximum atomic E-state index is 13.1. The third-order valence-electron chi connectivity index (χ3n) is 5.87. The Kier molecular flexibility index (Phi) is 7.48. The molecule has 0 fully saturated rings. The predicted octanol–water partition coefficient (Wildman–Crippen LogP) is 4.29. The number of aliphatic hydroxyl groups is 1. The highest BCUT2D eigenvalue weighted by Gasteiger charge is 2.29. The molecule has 4 rings (SSSR count). The Morgan fingerprint density at radius 2 is 1.88 bits per heavy atom. The van der Waals surface area contributed by atoms with Crippen molar-refractivity contribution in [1.29, 1.82) is 0 Å². The first-order chi connectivity index (χ1) is 16.4. The molecule has 1 atom stereocenters. The molecule has 0 radical (unpaired) electrons. The van der Waals surface area contributed by atoms with Gasteiger partial charge in [-0.1, -0.05) is 68.6 Å². The van der Waals surface area contributed by atoms with Crippen molar-refractivity contribution >= 4 is 45.7 Å². The van der Waals surface area contributed by atoms with Gasteiger partial charge in [-0.25, -0.2) is 4.79 Å². The lowest BCUT2D eigenvalue weighted by Crippen LogP contribution is -2.27. The van der Waals surface area contributed by atoms with Crippen molar-refractivity contribution in [2.75, 3.05) is 6.61 Å². The third-order valence-corrected chi connectivity index (χ3v) is 8.48. The van der Waals surface area contributed by atoms with Gasteiger partial charge in [0.15, 0.2) is 0 Å². The maximum Gasteiger partial charge on any atom is 0.370 e. The van der Waals surface area contributed by atoms with E-state index in [2.05, 4.69) is 19.0 Å². The zero-order chi connectivity index (χ0) is 24.2. The summed E-state index contributed by atoms with van der Waals surface area (Å²) >= 11 is 2.52. The number of carbonyl (C=O) groups excluding carboxylic acids is 1. The molecule has 8 heteroatoms. The van der Waals surface area contributed by atoms with E-state index in [-0.39, 0.29) is 16.4 Å². The summed E-state index contributed by atoms with van der Waals surface area (Å²) < 4.78 is 7.96. The van der Waals surface area contributed by atoms with Crippen molar-refractivity contribution in [2.24, 2.45) is 11.1 Å². The topological polar surface area (TPSA) is 85.2 Å². The molecule has 0 bridgehead atoms. The molecule has 1 aromatic carbocycles. The zero-order valence-electron chi connectivity index (χ0n) is 19.4. The Labute approximate surface area is 205 Å². The Bertz CT molecular complexity index is 1470. The number of oxime groups is 1. The van der Waals surface area contributed by atoms with E-state index >= 15 is 0 Å². The normalized spacial score (nSPS) is 16.9. The summed E-state index contributed by atoms with van der Waals surface area (Å²) in [5, 5.41) is 14.4. The van der Waals surface area contributed by atoms with Crippen LogP contribution < -0.4 is 19.2 Å². The fourth-order valence-corrected chi connectivity index (χ4v) is 6.48. The second-order valence-corrected chi connectivity index (χ2v) is 10.6. The first-order valence-corrected chi connectivity index (χ1v) is 13.1. The summed E-state index contributed by atoms with van der Waals surface area (Å²) in [6.07, 6.45) is 4.34. The van der Waals surface area contributed by atoms with E-state index in [1.807, 2.05) is 30.3 Å². The van der Waals surface area contributed by atoms with Gasteiger partial charge >= 0.3 is 5.97 Å². The number of hydrogen-bond acceptors (Lipinski definition) is 8. The van der Waals surface area contributed by atoms with E-state index < -0.39 is 5.97 Å². The molecule has 1 aliphatic carbocycles. The standard InChI is InChI=1S/C26H27NO5S2/c1-4-6-10-16(5-2)14-31-19-13-18(15(3)28)22(29)24-23(19)33-26(34-24)20-21(27-32-25(20)30)17-11-8-7-9-12-17/h7-9,11-13,16,28H,4-6,10,14H2,1-3H3/b18-15-,26-20-. The van der Waals surface area contributed by atoms with Gasteiger partial charge in [-0.05, 0) is 25.3 Å². The molecule has 3 aliphatic rings. The van der Waals surface area contributed by atoms with Gasteiger partial charge in [-0.2, -0.15) is 0 Å². The third kappa shape index (κ3) is 4.79. The molecular formula is C26H27NO5S2. The number of nitrogens with zero attached hydrogens (tertiary/aromatic N) is 1. The smallest absolute Gasteiger partial charge is 0.370 e. The molecule has 6 nitrogen and oxygen atoms in total. The van der Waals surface area contributed by atoms with Crippen LogP contribution in [-0.2, 0) is 9.63 Å². The lowest BCUT2D eigenvalue weighted by molar-refractivity contribution is -0.135. The molecule has 178 valence electrons. The SMILES string of the molecule is CCCCC(CC)COc1c/c(=C(\C)O)c(=O)c2s/c(=C3\C(=O)ON=C3c3ccccc3)sc1=2. The van der Waals surface area contributed by atoms with E-state index in [4.69, 9.17) is 9.57 Å². The molecule has 34 heavy (non-hydrogen) atoms. The number of carbonyl (C=O) groups is 1. The predicted molar refractivity (Wildman–Crippen MR) is 136 cm³/mol. The highest BCUT2D eigenvalue weighted by atomic mass is 32.2. The molecular weight excluding hydrogens is 470 g/mol. The number of ether oxygens (including phenoxy) is 1. The van der Waals surface area contributed by atoms with Crippen LogP contribution in [0.15, 0.2) is 46.3 Å². The summed E-state index contributed by atoms with van der Waals surface area (Å²) in [6.45, 7) is 6.34. The summed E-state index contributed by atoms with van der Waals surface area (Å²) in [7, 11) is 0. The van der Waals surface area contributed by atoms with Crippen LogP contribution in [-0.4, -0.2) is 23.4 Å². The van der Waals surface area contributed by atoms with Crippen LogP contribution in [0.5, 0.6) is 5.75 Å². The van der Waals surface area contributed by atoms with Crippen molar-refractivity contribution in [2.45, 2.75) is 46.5 Å². The quantitative estimate of drug-likeness (QED) is 0.470. The number of hydrogen-bond donors (Lipinski definition) is 1. The van der Waals surface area contributed by atoms with Crippen LogP contribution in [0.4, 0.5) is 0 Å². The minimum absolute atomic E-state index is 0.0609. The number of rotatable bonds is 8. The van der Waals surface area contributed by atoms with Crippen molar-refractivity contribution in [3.05, 3.63) is 70.3 Å².